The van der Waals surface area contributed by atoms with Crippen molar-refractivity contribution in [1.82, 2.24) is 20.8 Å². The van der Waals surface area contributed by atoms with E-state index in [1.54, 1.807) is 12.4 Å². The van der Waals surface area contributed by atoms with Gasteiger partial charge in [0.05, 0.1) is 11.4 Å². The molecule has 44 heavy (non-hydrogen) atoms. The third-order valence-electron chi connectivity index (χ3n) is 9.16. The summed E-state index contributed by atoms with van der Waals surface area (Å²) >= 11 is 0. The van der Waals surface area contributed by atoms with Gasteiger partial charge < -0.3 is 0 Å². The fraction of sp³-hybridized carbons (Fsp3) is 0.0556. The van der Waals surface area contributed by atoms with Crippen molar-refractivity contribution in [3.05, 3.63) is 167 Å². The molecule has 2 spiro atoms. The van der Waals surface area contributed by atoms with Crippen molar-refractivity contribution >= 4 is 23.1 Å². The topological polar surface area (TPSA) is 99.3 Å². The predicted octanol–water partition coefficient (Wildman–Crippen LogP) is 4.90. The van der Waals surface area contributed by atoms with Crippen molar-refractivity contribution in [2.45, 2.75) is 11.1 Å². The summed E-state index contributed by atoms with van der Waals surface area (Å²) in [5.74, 6) is 1.08. The lowest BCUT2D eigenvalue weighted by Crippen LogP contribution is -2.54. The summed E-state index contributed by atoms with van der Waals surface area (Å²) in [5, 5.41) is 9.46. The molecule has 2 aromatic heterocycles. The van der Waals surface area contributed by atoms with Gasteiger partial charge in [0.25, 0.3) is 0 Å². The van der Waals surface area contributed by atoms with Crippen LogP contribution in [0.3, 0.4) is 0 Å². The van der Waals surface area contributed by atoms with Gasteiger partial charge in [-0.3, -0.25) is 20.8 Å². The van der Waals surface area contributed by atoms with Crippen molar-refractivity contribution in [1.29, 1.82) is 0 Å². The van der Waals surface area contributed by atoms with E-state index in [-0.39, 0.29) is 0 Å². The molecule has 8 nitrogen and oxygen atoms in total. The van der Waals surface area contributed by atoms with Crippen molar-refractivity contribution in [2.75, 3.05) is 0 Å². The van der Waals surface area contributed by atoms with Gasteiger partial charge in [0.1, 0.15) is 22.5 Å². The second-order valence-electron chi connectivity index (χ2n) is 11.5. The number of aliphatic imine (C=N–C) groups is 2. The second kappa shape index (κ2) is 8.29. The molecule has 8 heteroatoms. The third-order valence-corrected chi connectivity index (χ3v) is 9.16. The SMILES string of the molecule is C1=CC23NN=C(c4cc(-c5ccnc(C6=NNC78C=CC=C9C=CC(=C97)C=CC8=N6)c5)ccn4)N=C2C=CC2=C3C(=C1)C=C2. The van der Waals surface area contributed by atoms with Crippen LogP contribution in [0.5, 0.6) is 0 Å². The summed E-state index contributed by atoms with van der Waals surface area (Å²) < 4.78 is 0. The molecule has 0 radical (unpaired) electrons. The fourth-order valence-electron chi connectivity index (χ4n) is 7.08. The van der Waals surface area contributed by atoms with Crippen LogP contribution in [0.25, 0.3) is 11.1 Å². The van der Waals surface area contributed by atoms with E-state index in [9.17, 15) is 0 Å². The first-order chi connectivity index (χ1) is 21.7. The maximum atomic E-state index is 4.99. The molecule has 8 aliphatic rings. The van der Waals surface area contributed by atoms with E-state index in [4.69, 9.17) is 20.2 Å². The van der Waals surface area contributed by atoms with E-state index >= 15 is 0 Å². The summed E-state index contributed by atoms with van der Waals surface area (Å²) in [5.41, 5.74) is 18.0. The zero-order valence-corrected chi connectivity index (χ0v) is 23.2. The molecule has 2 aliphatic heterocycles. The van der Waals surface area contributed by atoms with Crippen molar-refractivity contribution < 1.29 is 0 Å². The first kappa shape index (κ1) is 23.5. The van der Waals surface area contributed by atoms with Gasteiger partial charge in [-0.2, -0.15) is 10.2 Å². The first-order valence-electron chi connectivity index (χ1n) is 14.5. The summed E-state index contributed by atoms with van der Waals surface area (Å²) in [7, 11) is 0. The molecule has 2 atom stereocenters. The molecule has 0 amide bonds. The zero-order valence-electron chi connectivity index (χ0n) is 23.2. The molecule has 2 N–H and O–H groups in total. The highest BCUT2D eigenvalue weighted by atomic mass is 15.4. The Morgan fingerprint density at radius 2 is 1.02 bits per heavy atom. The lowest BCUT2D eigenvalue weighted by atomic mass is 9.74. The van der Waals surface area contributed by atoms with E-state index < -0.39 is 11.1 Å². The zero-order chi connectivity index (χ0) is 28.9. The smallest absolute Gasteiger partial charge is 0.197 e. The molecule has 0 saturated heterocycles. The summed E-state index contributed by atoms with van der Waals surface area (Å²) in [6.07, 6.45) is 33.1. The minimum absolute atomic E-state index is 0.539. The summed E-state index contributed by atoms with van der Waals surface area (Å²) in [6.45, 7) is 0. The van der Waals surface area contributed by atoms with Crippen LogP contribution in [0.4, 0.5) is 0 Å². The standard InChI is InChI=1S/C36H22N8/c1-3-21-5-7-23-9-11-29-35(15-1,31(21)23)43-41-33(39-29)27-19-25(13-17-37-27)26-14-18-38-28(20-26)34-40-30-12-10-24-8-6-22-4-2-16-36(30,32(22)24)44-42-34/h1-20,43-44H. The van der Waals surface area contributed by atoms with Gasteiger partial charge in [0.15, 0.2) is 11.7 Å². The number of amidine groups is 2. The van der Waals surface area contributed by atoms with E-state index in [1.165, 1.54) is 33.4 Å². The number of hydrazone groups is 2. The molecular weight excluding hydrogens is 544 g/mol. The van der Waals surface area contributed by atoms with Gasteiger partial charge in [-0.15, -0.1) is 0 Å². The Labute approximate surface area is 252 Å². The number of aromatic nitrogens is 2. The molecule has 0 fully saturated rings. The number of rotatable bonds is 3. The van der Waals surface area contributed by atoms with Crippen molar-refractivity contribution in [3.63, 3.8) is 0 Å². The fourth-order valence-corrected chi connectivity index (χ4v) is 7.08. The number of hydrogen-bond acceptors (Lipinski definition) is 8. The lowest BCUT2D eigenvalue weighted by Gasteiger charge is -2.39. The minimum Gasteiger partial charge on any atom is -0.287 e. The van der Waals surface area contributed by atoms with Crippen molar-refractivity contribution in [2.24, 2.45) is 20.2 Å². The van der Waals surface area contributed by atoms with Gasteiger partial charge in [0.2, 0.25) is 0 Å². The maximum absolute atomic E-state index is 4.99. The summed E-state index contributed by atoms with van der Waals surface area (Å²) in [4.78, 5) is 19.2. The molecule has 0 saturated carbocycles. The molecule has 0 aromatic carbocycles. The third kappa shape index (κ3) is 3.06. The van der Waals surface area contributed by atoms with Crippen LogP contribution in [0.2, 0.25) is 0 Å². The van der Waals surface area contributed by atoms with Gasteiger partial charge in [-0.05, 0) is 82.0 Å². The highest BCUT2D eigenvalue weighted by molar-refractivity contribution is 6.20. The highest BCUT2D eigenvalue weighted by Crippen LogP contribution is 2.44. The lowest BCUT2D eigenvalue weighted by molar-refractivity contribution is 0.598. The number of hydrogen-bond donors (Lipinski definition) is 2. The van der Waals surface area contributed by atoms with Crippen molar-refractivity contribution in [3.8, 4) is 11.1 Å². The Bertz CT molecular complexity index is 2060. The van der Waals surface area contributed by atoms with Crippen LogP contribution in [0.15, 0.2) is 175 Å². The van der Waals surface area contributed by atoms with E-state index in [0.29, 0.717) is 23.1 Å². The van der Waals surface area contributed by atoms with Gasteiger partial charge in [0, 0.05) is 23.5 Å². The number of allylic oxidation sites excluding steroid dienone is 12. The van der Waals surface area contributed by atoms with Gasteiger partial charge >= 0.3 is 0 Å². The molecule has 10 rings (SSSR count). The number of nitrogens with zero attached hydrogens (tertiary/aromatic N) is 6. The van der Waals surface area contributed by atoms with E-state index in [2.05, 4.69) is 106 Å². The van der Waals surface area contributed by atoms with Crippen LogP contribution < -0.4 is 10.9 Å². The van der Waals surface area contributed by atoms with Gasteiger partial charge in [-0.25, -0.2) is 9.98 Å². The Morgan fingerprint density at radius 3 is 1.52 bits per heavy atom. The van der Waals surface area contributed by atoms with Crippen LogP contribution in [0.1, 0.15) is 11.4 Å². The first-order valence-corrected chi connectivity index (χ1v) is 14.5. The second-order valence-corrected chi connectivity index (χ2v) is 11.5. The van der Waals surface area contributed by atoms with Crippen LogP contribution in [0, 0.1) is 0 Å². The quantitative estimate of drug-likeness (QED) is 0.552. The molecule has 6 aliphatic carbocycles. The average Bonchev–Trinajstić information content (AvgIpc) is 3.71. The minimum atomic E-state index is -0.557. The monoisotopic (exact) mass is 566 g/mol. The van der Waals surface area contributed by atoms with E-state index in [1.807, 2.05) is 24.3 Å². The average molecular weight is 567 g/mol. The van der Waals surface area contributed by atoms with Crippen LogP contribution in [-0.2, 0) is 0 Å². The Hall–Kier alpha value is -6.02. The molecule has 4 heterocycles. The highest BCUT2D eigenvalue weighted by Gasteiger charge is 2.46. The van der Waals surface area contributed by atoms with E-state index in [0.717, 1.165) is 22.6 Å². The Morgan fingerprint density at radius 1 is 0.545 bits per heavy atom. The number of pyridine rings is 2. The normalized spacial score (nSPS) is 27.3. The molecular formula is C36H22N8. The van der Waals surface area contributed by atoms with Gasteiger partial charge in [-0.1, -0.05) is 60.8 Å². The Kier molecular flexibility index (Phi) is 4.44. The summed E-state index contributed by atoms with van der Waals surface area (Å²) in [6, 6.07) is 7.96. The Balaban J connectivity index is 0.964. The van der Waals surface area contributed by atoms with Crippen LogP contribution >= 0.6 is 0 Å². The largest absolute Gasteiger partial charge is 0.287 e. The predicted molar refractivity (Wildman–Crippen MR) is 172 cm³/mol. The molecule has 2 unspecified atom stereocenters. The maximum Gasteiger partial charge on any atom is 0.197 e. The number of nitrogens with one attached hydrogen (secondary N) is 2. The molecule has 2 aromatic rings. The molecule has 206 valence electrons. The molecule has 0 bridgehead atoms. The van der Waals surface area contributed by atoms with Crippen LogP contribution in [-0.4, -0.2) is 44.1 Å².